The van der Waals surface area contributed by atoms with Gasteiger partial charge in [0.05, 0.1) is 6.07 Å². The lowest BCUT2D eigenvalue weighted by molar-refractivity contribution is 0.525. The van der Waals surface area contributed by atoms with E-state index in [1.807, 2.05) is 6.92 Å². The van der Waals surface area contributed by atoms with Gasteiger partial charge in [-0.1, -0.05) is 13.3 Å². The summed E-state index contributed by atoms with van der Waals surface area (Å²) < 4.78 is -0.754. The SMILES string of the molecule is CCCC(C#N)CC(C)(Cl)Cl. The molecule has 0 aromatic carbocycles. The molecule has 0 spiro atoms. The van der Waals surface area contributed by atoms with E-state index in [4.69, 9.17) is 28.5 Å². The van der Waals surface area contributed by atoms with Crippen LogP contribution < -0.4 is 0 Å². The molecule has 1 unspecified atom stereocenters. The Kier molecular flexibility index (Phi) is 4.88. The molecule has 1 atom stereocenters. The Bertz CT molecular complexity index is 143. The lowest BCUT2D eigenvalue weighted by Gasteiger charge is -2.16. The van der Waals surface area contributed by atoms with E-state index in [-0.39, 0.29) is 5.92 Å². The van der Waals surface area contributed by atoms with Gasteiger partial charge in [-0.05, 0) is 19.8 Å². The maximum Gasteiger partial charge on any atom is 0.116 e. The summed E-state index contributed by atoms with van der Waals surface area (Å²) >= 11 is 11.5. The van der Waals surface area contributed by atoms with Crippen molar-refractivity contribution in [3.05, 3.63) is 0 Å². The van der Waals surface area contributed by atoms with Crippen molar-refractivity contribution in [3.63, 3.8) is 0 Å². The summed E-state index contributed by atoms with van der Waals surface area (Å²) in [5.74, 6) is -0.000000000000000222. The molecular weight excluding hydrogens is 181 g/mol. The van der Waals surface area contributed by atoms with Crippen LogP contribution in [0.2, 0.25) is 0 Å². The average molecular weight is 194 g/mol. The Hall–Kier alpha value is 0.0700. The molecule has 1 nitrogen and oxygen atoms in total. The summed E-state index contributed by atoms with van der Waals surface area (Å²) in [4.78, 5) is 0. The van der Waals surface area contributed by atoms with Gasteiger partial charge in [0.2, 0.25) is 0 Å². The van der Waals surface area contributed by atoms with Crippen molar-refractivity contribution >= 4 is 23.2 Å². The Morgan fingerprint density at radius 1 is 1.55 bits per heavy atom. The van der Waals surface area contributed by atoms with E-state index in [0.29, 0.717) is 6.42 Å². The second-order valence-electron chi connectivity index (χ2n) is 2.89. The molecule has 0 N–H and O–H groups in total. The molecule has 0 saturated carbocycles. The Morgan fingerprint density at radius 2 is 2.09 bits per heavy atom. The first kappa shape index (κ1) is 11.1. The zero-order valence-electron chi connectivity index (χ0n) is 6.90. The minimum Gasteiger partial charge on any atom is -0.198 e. The van der Waals surface area contributed by atoms with Gasteiger partial charge in [0.15, 0.2) is 0 Å². The fourth-order valence-electron chi connectivity index (χ4n) is 0.993. The minimum absolute atomic E-state index is 0.000000000000000222. The highest BCUT2D eigenvalue weighted by Gasteiger charge is 2.21. The molecule has 0 bridgehead atoms. The van der Waals surface area contributed by atoms with Crippen molar-refractivity contribution in [2.45, 2.75) is 37.4 Å². The van der Waals surface area contributed by atoms with Crippen LogP contribution in [0.1, 0.15) is 33.1 Å². The second kappa shape index (κ2) is 4.85. The lowest BCUT2D eigenvalue weighted by Crippen LogP contribution is -2.12. The lowest BCUT2D eigenvalue weighted by atomic mass is 10.00. The molecule has 0 aliphatic rings. The molecule has 0 heterocycles. The second-order valence-corrected chi connectivity index (χ2v) is 4.75. The molecular formula is C8H13Cl2N. The summed E-state index contributed by atoms with van der Waals surface area (Å²) in [6.45, 7) is 3.76. The summed E-state index contributed by atoms with van der Waals surface area (Å²) in [5.41, 5.74) is 0. The molecule has 3 heteroatoms. The van der Waals surface area contributed by atoms with Gasteiger partial charge in [-0.15, -0.1) is 23.2 Å². The topological polar surface area (TPSA) is 23.8 Å². The van der Waals surface area contributed by atoms with Crippen LogP contribution in [0.15, 0.2) is 0 Å². The summed E-state index contributed by atoms with van der Waals surface area (Å²) in [7, 11) is 0. The first-order chi connectivity index (χ1) is 4.99. The first-order valence-corrected chi connectivity index (χ1v) is 4.52. The highest BCUT2D eigenvalue weighted by Crippen LogP contribution is 2.29. The highest BCUT2D eigenvalue weighted by molar-refractivity contribution is 6.48. The quantitative estimate of drug-likeness (QED) is 0.628. The number of hydrogen-bond acceptors (Lipinski definition) is 1. The summed E-state index contributed by atoms with van der Waals surface area (Å²) in [5, 5.41) is 8.65. The predicted octanol–water partition coefficient (Wildman–Crippen LogP) is 3.51. The van der Waals surface area contributed by atoms with Gasteiger partial charge < -0.3 is 0 Å². The van der Waals surface area contributed by atoms with Gasteiger partial charge in [0, 0.05) is 5.92 Å². The zero-order chi connectivity index (χ0) is 8.91. The molecule has 0 aromatic heterocycles. The molecule has 0 radical (unpaired) electrons. The molecule has 0 saturated heterocycles. The largest absolute Gasteiger partial charge is 0.198 e. The molecule has 0 fully saturated rings. The van der Waals surface area contributed by atoms with Crippen LogP contribution >= 0.6 is 23.2 Å². The Labute approximate surface area is 78.3 Å². The van der Waals surface area contributed by atoms with Crippen LogP contribution in [0.5, 0.6) is 0 Å². The molecule has 0 amide bonds. The molecule has 0 aliphatic heterocycles. The molecule has 0 aromatic rings. The van der Waals surface area contributed by atoms with Gasteiger partial charge in [-0.3, -0.25) is 0 Å². The Morgan fingerprint density at radius 3 is 2.36 bits per heavy atom. The van der Waals surface area contributed by atoms with E-state index in [1.54, 1.807) is 6.92 Å². The smallest absolute Gasteiger partial charge is 0.116 e. The zero-order valence-corrected chi connectivity index (χ0v) is 8.41. The number of nitrogens with zero attached hydrogens (tertiary/aromatic N) is 1. The van der Waals surface area contributed by atoms with Gasteiger partial charge in [-0.25, -0.2) is 0 Å². The summed E-state index contributed by atoms with van der Waals surface area (Å²) in [6, 6.07) is 2.19. The third-order valence-corrected chi connectivity index (χ3v) is 1.73. The predicted molar refractivity (Wildman–Crippen MR) is 48.7 cm³/mol. The van der Waals surface area contributed by atoms with E-state index in [9.17, 15) is 0 Å². The van der Waals surface area contributed by atoms with Crippen molar-refractivity contribution in [2.75, 3.05) is 0 Å². The van der Waals surface area contributed by atoms with Crippen LogP contribution in [-0.4, -0.2) is 4.33 Å². The summed E-state index contributed by atoms with van der Waals surface area (Å²) in [6.07, 6.45) is 2.44. The number of halogens is 2. The van der Waals surface area contributed by atoms with E-state index < -0.39 is 4.33 Å². The number of rotatable bonds is 4. The van der Waals surface area contributed by atoms with Gasteiger partial charge >= 0.3 is 0 Å². The van der Waals surface area contributed by atoms with Crippen molar-refractivity contribution in [1.29, 1.82) is 5.26 Å². The third-order valence-electron chi connectivity index (χ3n) is 1.42. The van der Waals surface area contributed by atoms with Gasteiger partial charge in [0.25, 0.3) is 0 Å². The fourth-order valence-corrected chi connectivity index (χ4v) is 1.37. The van der Waals surface area contributed by atoms with Crippen LogP contribution in [0, 0.1) is 17.2 Å². The number of hydrogen-bond donors (Lipinski definition) is 0. The molecule has 0 aliphatic carbocycles. The standard InChI is InChI=1S/C8H13Cl2N/c1-3-4-7(6-11)5-8(2,9)10/h7H,3-5H2,1-2H3. The minimum atomic E-state index is -0.754. The van der Waals surface area contributed by atoms with E-state index in [1.165, 1.54) is 0 Å². The highest BCUT2D eigenvalue weighted by atomic mass is 35.5. The average Bonchev–Trinajstić information content (AvgIpc) is 1.84. The van der Waals surface area contributed by atoms with Crippen LogP contribution in [-0.2, 0) is 0 Å². The van der Waals surface area contributed by atoms with Crippen molar-refractivity contribution in [1.82, 2.24) is 0 Å². The van der Waals surface area contributed by atoms with Crippen LogP contribution in [0.25, 0.3) is 0 Å². The first-order valence-electron chi connectivity index (χ1n) is 3.77. The van der Waals surface area contributed by atoms with Gasteiger partial charge in [0.1, 0.15) is 4.33 Å². The third kappa shape index (κ3) is 6.47. The van der Waals surface area contributed by atoms with Crippen molar-refractivity contribution in [2.24, 2.45) is 5.92 Å². The molecule has 11 heavy (non-hydrogen) atoms. The monoisotopic (exact) mass is 193 g/mol. The van der Waals surface area contributed by atoms with Gasteiger partial charge in [-0.2, -0.15) is 5.26 Å². The molecule has 0 rings (SSSR count). The van der Waals surface area contributed by atoms with Crippen molar-refractivity contribution < 1.29 is 0 Å². The number of alkyl halides is 2. The van der Waals surface area contributed by atoms with Crippen LogP contribution in [0.4, 0.5) is 0 Å². The molecule has 64 valence electrons. The van der Waals surface area contributed by atoms with E-state index in [2.05, 4.69) is 6.07 Å². The van der Waals surface area contributed by atoms with Crippen LogP contribution in [0.3, 0.4) is 0 Å². The van der Waals surface area contributed by atoms with E-state index >= 15 is 0 Å². The maximum atomic E-state index is 8.65. The normalized spacial score (nSPS) is 14.1. The van der Waals surface area contributed by atoms with Crippen molar-refractivity contribution in [3.8, 4) is 6.07 Å². The fraction of sp³-hybridized carbons (Fsp3) is 0.875. The maximum absolute atomic E-state index is 8.65. The Balaban J connectivity index is 3.81. The van der Waals surface area contributed by atoms with E-state index in [0.717, 1.165) is 12.8 Å². The number of nitriles is 1.